The Hall–Kier alpha value is -2.42. The number of hydrogen-bond donors (Lipinski definition) is 0. The molecule has 1 saturated heterocycles. The lowest BCUT2D eigenvalue weighted by atomic mass is 9.94. The predicted molar refractivity (Wildman–Crippen MR) is 82.9 cm³/mol. The van der Waals surface area contributed by atoms with E-state index in [0.717, 1.165) is 11.1 Å². The molecule has 3 unspecified atom stereocenters. The van der Waals surface area contributed by atoms with E-state index in [1.807, 2.05) is 67.6 Å². The first-order valence-corrected chi connectivity index (χ1v) is 7.64. The zero-order valence-corrected chi connectivity index (χ0v) is 12.4. The summed E-state index contributed by atoms with van der Waals surface area (Å²) in [7, 11) is 0. The number of carbonyl (C=O) groups is 2. The van der Waals surface area contributed by atoms with Gasteiger partial charge in [0.15, 0.2) is 0 Å². The van der Waals surface area contributed by atoms with Gasteiger partial charge in [0.1, 0.15) is 0 Å². The normalized spacial score (nSPS) is 27.7. The molecule has 0 bridgehead atoms. The van der Waals surface area contributed by atoms with Crippen molar-refractivity contribution in [2.75, 3.05) is 0 Å². The van der Waals surface area contributed by atoms with E-state index in [2.05, 4.69) is 0 Å². The molecule has 1 saturated carbocycles. The zero-order valence-electron chi connectivity index (χ0n) is 12.4. The number of benzene rings is 2. The molecule has 22 heavy (non-hydrogen) atoms. The third-order valence-electron chi connectivity index (χ3n) is 5.05. The fraction of sp³-hybridized carbons (Fsp3) is 0.263. The maximum absolute atomic E-state index is 13.0. The van der Waals surface area contributed by atoms with E-state index in [0.29, 0.717) is 6.42 Å². The summed E-state index contributed by atoms with van der Waals surface area (Å²) in [6, 6.07) is 19.2. The molecule has 2 fully saturated rings. The van der Waals surface area contributed by atoms with Crippen LogP contribution >= 0.6 is 0 Å². The first-order chi connectivity index (χ1) is 10.7. The standard InChI is InChI=1S/C19H17NO2/c1-13(14-8-4-2-5-9-14)20-17(21)16-12-19(16,18(20)22)15-10-6-3-7-11-15/h2-11,13,16H,12H2,1H3. The number of rotatable bonds is 3. The van der Waals surface area contributed by atoms with Crippen LogP contribution in [0.2, 0.25) is 0 Å². The highest BCUT2D eigenvalue weighted by molar-refractivity contribution is 6.15. The van der Waals surface area contributed by atoms with Gasteiger partial charge < -0.3 is 0 Å². The van der Waals surface area contributed by atoms with Crippen LogP contribution in [0.3, 0.4) is 0 Å². The quantitative estimate of drug-likeness (QED) is 0.815. The third kappa shape index (κ3) is 1.62. The van der Waals surface area contributed by atoms with E-state index < -0.39 is 5.41 Å². The third-order valence-corrected chi connectivity index (χ3v) is 5.05. The van der Waals surface area contributed by atoms with Gasteiger partial charge in [-0.15, -0.1) is 0 Å². The van der Waals surface area contributed by atoms with E-state index >= 15 is 0 Å². The molecule has 3 atom stereocenters. The maximum atomic E-state index is 13.0. The number of fused-ring (bicyclic) bond motifs is 1. The molecule has 0 N–H and O–H groups in total. The maximum Gasteiger partial charge on any atom is 0.241 e. The van der Waals surface area contributed by atoms with Crippen molar-refractivity contribution >= 4 is 11.8 Å². The summed E-state index contributed by atoms with van der Waals surface area (Å²) in [4.78, 5) is 27.1. The molecule has 3 heteroatoms. The molecule has 1 aliphatic carbocycles. The largest absolute Gasteiger partial charge is 0.274 e. The van der Waals surface area contributed by atoms with Gasteiger partial charge in [-0.05, 0) is 24.5 Å². The van der Waals surface area contributed by atoms with Crippen molar-refractivity contribution in [2.45, 2.75) is 24.8 Å². The minimum atomic E-state index is -0.596. The van der Waals surface area contributed by atoms with Crippen molar-refractivity contribution in [3.63, 3.8) is 0 Å². The van der Waals surface area contributed by atoms with Gasteiger partial charge >= 0.3 is 0 Å². The van der Waals surface area contributed by atoms with Gasteiger partial charge in [-0.2, -0.15) is 0 Å². The van der Waals surface area contributed by atoms with Crippen LogP contribution in [0.25, 0.3) is 0 Å². The Kier molecular flexibility index (Phi) is 2.73. The lowest BCUT2D eigenvalue weighted by Crippen LogP contribution is -2.38. The Bertz CT molecular complexity index is 741. The topological polar surface area (TPSA) is 37.4 Å². The van der Waals surface area contributed by atoms with E-state index in [9.17, 15) is 9.59 Å². The van der Waals surface area contributed by atoms with Crippen LogP contribution < -0.4 is 0 Å². The van der Waals surface area contributed by atoms with E-state index in [1.165, 1.54) is 4.90 Å². The van der Waals surface area contributed by atoms with E-state index in [-0.39, 0.29) is 23.8 Å². The molecule has 4 rings (SSSR count). The summed E-state index contributed by atoms with van der Waals surface area (Å²) in [6.45, 7) is 1.93. The molecule has 1 aliphatic heterocycles. The molecule has 1 heterocycles. The van der Waals surface area contributed by atoms with Crippen molar-refractivity contribution < 1.29 is 9.59 Å². The van der Waals surface area contributed by atoms with Gasteiger partial charge in [-0.1, -0.05) is 60.7 Å². The van der Waals surface area contributed by atoms with Crippen molar-refractivity contribution in [2.24, 2.45) is 5.92 Å². The summed E-state index contributed by atoms with van der Waals surface area (Å²) in [6.07, 6.45) is 0.659. The molecule has 0 spiro atoms. The van der Waals surface area contributed by atoms with E-state index in [4.69, 9.17) is 0 Å². The second-order valence-electron chi connectivity index (χ2n) is 6.19. The lowest BCUT2D eigenvalue weighted by Gasteiger charge is -2.26. The molecule has 110 valence electrons. The highest BCUT2D eigenvalue weighted by atomic mass is 16.2. The molecule has 3 nitrogen and oxygen atoms in total. The second-order valence-corrected chi connectivity index (χ2v) is 6.19. The number of piperidine rings is 1. The fourth-order valence-corrected chi connectivity index (χ4v) is 3.71. The van der Waals surface area contributed by atoms with Crippen LogP contribution in [0.1, 0.15) is 30.5 Å². The number of nitrogens with zero attached hydrogens (tertiary/aromatic N) is 1. The van der Waals surface area contributed by atoms with Gasteiger partial charge in [0, 0.05) is 0 Å². The molecule has 2 aromatic carbocycles. The second kappa shape index (κ2) is 4.54. The minimum Gasteiger partial charge on any atom is -0.274 e. The number of hydrogen-bond acceptors (Lipinski definition) is 2. The highest BCUT2D eigenvalue weighted by Crippen LogP contribution is 2.61. The average Bonchev–Trinajstić information content (AvgIpc) is 3.29. The summed E-state index contributed by atoms with van der Waals surface area (Å²) < 4.78 is 0. The fourth-order valence-electron chi connectivity index (χ4n) is 3.71. The average molecular weight is 291 g/mol. The van der Waals surface area contributed by atoms with Gasteiger partial charge in [0.2, 0.25) is 11.8 Å². The van der Waals surface area contributed by atoms with Crippen LogP contribution in [0, 0.1) is 5.92 Å². The lowest BCUT2D eigenvalue weighted by molar-refractivity contribution is -0.144. The molecule has 2 aliphatic rings. The molecule has 2 amide bonds. The molecule has 2 aromatic rings. The molecular weight excluding hydrogens is 274 g/mol. The Labute approximate surface area is 129 Å². The molecule has 0 radical (unpaired) electrons. The summed E-state index contributed by atoms with van der Waals surface area (Å²) in [5.74, 6) is -0.233. The first-order valence-electron chi connectivity index (χ1n) is 7.64. The summed E-state index contributed by atoms with van der Waals surface area (Å²) >= 11 is 0. The minimum absolute atomic E-state index is 0.0230. The van der Waals surface area contributed by atoms with Crippen LogP contribution in [0.15, 0.2) is 60.7 Å². The van der Waals surface area contributed by atoms with Gasteiger partial charge in [-0.25, -0.2) is 0 Å². The predicted octanol–water partition coefficient (Wildman–Crippen LogP) is 3.07. The number of imide groups is 1. The SMILES string of the molecule is CC(c1ccccc1)N1C(=O)C2CC2(c2ccccc2)C1=O. The van der Waals surface area contributed by atoms with Crippen LogP contribution in [0.5, 0.6) is 0 Å². The Morgan fingerprint density at radius 1 is 1.00 bits per heavy atom. The van der Waals surface area contributed by atoms with E-state index in [1.54, 1.807) is 0 Å². The van der Waals surface area contributed by atoms with Crippen LogP contribution in [0.4, 0.5) is 0 Å². The van der Waals surface area contributed by atoms with Crippen LogP contribution in [-0.4, -0.2) is 16.7 Å². The number of amides is 2. The van der Waals surface area contributed by atoms with Crippen molar-refractivity contribution in [1.29, 1.82) is 0 Å². The zero-order chi connectivity index (χ0) is 15.3. The number of carbonyl (C=O) groups excluding carboxylic acids is 2. The Morgan fingerprint density at radius 2 is 1.59 bits per heavy atom. The Balaban J connectivity index is 1.70. The first kappa shape index (κ1) is 13.3. The monoisotopic (exact) mass is 291 g/mol. The number of likely N-dealkylation sites (tertiary alicyclic amines) is 1. The molecule has 0 aromatic heterocycles. The van der Waals surface area contributed by atoms with Gasteiger partial charge in [-0.3, -0.25) is 14.5 Å². The molecular formula is C19H17NO2. The smallest absolute Gasteiger partial charge is 0.241 e. The van der Waals surface area contributed by atoms with Gasteiger partial charge in [0.25, 0.3) is 0 Å². The van der Waals surface area contributed by atoms with Crippen molar-refractivity contribution in [3.05, 3.63) is 71.8 Å². The van der Waals surface area contributed by atoms with Crippen LogP contribution in [-0.2, 0) is 15.0 Å². The van der Waals surface area contributed by atoms with Gasteiger partial charge in [0.05, 0.1) is 17.4 Å². The Morgan fingerprint density at radius 3 is 2.23 bits per heavy atom. The highest BCUT2D eigenvalue weighted by Gasteiger charge is 2.72. The summed E-state index contributed by atoms with van der Waals surface area (Å²) in [5.41, 5.74) is 1.37. The van der Waals surface area contributed by atoms with Crippen molar-refractivity contribution in [3.8, 4) is 0 Å². The van der Waals surface area contributed by atoms with Crippen molar-refractivity contribution in [1.82, 2.24) is 4.90 Å². The summed E-state index contributed by atoms with van der Waals surface area (Å²) in [5, 5.41) is 0.